The van der Waals surface area contributed by atoms with Crippen molar-refractivity contribution in [1.29, 1.82) is 0 Å². The van der Waals surface area contributed by atoms with E-state index in [9.17, 15) is 18.8 Å². The minimum Gasteiger partial charge on any atom is -0.352 e. The third-order valence-electron chi connectivity index (χ3n) is 4.87. The standard InChI is InChI=1S/C22H18FN3O3/c23-17-8-5-14(6-9-17)20-22(29)24-11-12-26(20)19(27)10-7-16-13-15-3-1-2-4-18(15)25-21(16)28/h1-10,13,20H,11-12H2,(H,24,29)(H,25,28)/b10-7+. The molecule has 2 aromatic carbocycles. The van der Waals surface area contributed by atoms with Gasteiger partial charge >= 0.3 is 0 Å². The number of nitrogens with zero attached hydrogens (tertiary/aromatic N) is 1. The average Bonchev–Trinajstić information content (AvgIpc) is 2.72. The first-order valence-corrected chi connectivity index (χ1v) is 9.17. The molecule has 1 saturated heterocycles. The summed E-state index contributed by atoms with van der Waals surface area (Å²) in [5.41, 5.74) is 1.27. The molecule has 3 aromatic rings. The van der Waals surface area contributed by atoms with Crippen LogP contribution >= 0.6 is 0 Å². The Labute approximate surface area is 165 Å². The van der Waals surface area contributed by atoms with Crippen LogP contribution in [0.3, 0.4) is 0 Å². The van der Waals surface area contributed by atoms with Crippen LogP contribution in [-0.2, 0) is 9.59 Å². The minimum absolute atomic E-state index is 0.306. The van der Waals surface area contributed by atoms with E-state index in [4.69, 9.17) is 0 Å². The lowest BCUT2D eigenvalue weighted by Crippen LogP contribution is -2.51. The number of para-hydroxylation sites is 1. The predicted octanol–water partition coefficient (Wildman–Crippen LogP) is 2.38. The summed E-state index contributed by atoms with van der Waals surface area (Å²) in [5.74, 6) is -1.15. The Morgan fingerprint density at radius 3 is 2.66 bits per heavy atom. The first kappa shape index (κ1) is 18.6. The zero-order valence-corrected chi connectivity index (χ0v) is 15.4. The lowest BCUT2D eigenvalue weighted by atomic mass is 10.0. The monoisotopic (exact) mass is 391 g/mol. The lowest BCUT2D eigenvalue weighted by Gasteiger charge is -2.34. The van der Waals surface area contributed by atoms with Crippen LogP contribution in [0.1, 0.15) is 17.2 Å². The molecule has 0 aliphatic carbocycles. The van der Waals surface area contributed by atoms with Crippen molar-refractivity contribution in [3.63, 3.8) is 0 Å². The van der Waals surface area contributed by atoms with Gasteiger partial charge in [-0.1, -0.05) is 30.3 Å². The highest BCUT2D eigenvalue weighted by Crippen LogP contribution is 2.24. The van der Waals surface area contributed by atoms with Crippen LogP contribution in [0.4, 0.5) is 4.39 Å². The first-order chi connectivity index (χ1) is 14.0. The topological polar surface area (TPSA) is 82.3 Å². The Hall–Kier alpha value is -3.74. The molecule has 1 atom stereocenters. The van der Waals surface area contributed by atoms with Crippen molar-refractivity contribution in [2.75, 3.05) is 13.1 Å². The number of aromatic amines is 1. The number of aromatic nitrogens is 1. The molecule has 2 heterocycles. The van der Waals surface area contributed by atoms with E-state index in [-0.39, 0.29) is 11.5 Å². The highest BCUT2D eigenvalue weighted by Gasteiger charge is 2.33. The van der Waals surface area contributed by atoms with Gasteiger partial charge < -0.3 is 15.2 Å². The van der Waals surface area contributed by atoms with Crippen LogP contribution in [0.25, 0.3) is 17.0 Å². The summed E-state index contributed by atoms with van der Waals surface area (Å²) in [6.45, 7) is 0.637. The number of pyridine rings is 1. The van der Waals surface area contributed by atoms with Gasteiger partial charge in [0, 0.05) is 30.2 Å². The number of nitrogens with one attached hydrogen (secondary N) is 2. The Morgan fingerprint density at radius 1 is 1.10 bits per heavy atom. The molecule has 1 aromatic heterocycles. The molecule has 1 aliphatic heterocycles. The molecule has 1 unspecified atom stereocenters. The molecule has 1 fully saturated rings. The maximum absolute atomic E-state index is 13.2. The second kappa shape index (κ2) is 7.71. The van der Waals surface area contributed by atoms with Crippen molar-refractivity contribution in [2.24, 2.45) is 0 Å². The number of benzene rings is 2. The van der Waals surface area contributed by atoms with Crippen LogP contribution in [0.2, 0.25) is 0 Å². The van der Waals surface area contributed by atoms with Gasteiger partial charge in [-0.3, -0.25) is 14.4 Å². The predicted molar refractivity (Wildman–Crippen MR) is 107 cm³/mol. The number of fused-ring (bicyclic) bond motifs is 1. The second-order valence-corrected chi connectivity index (χ2v) is 6.75. The summed E-state index contributed by atoms with van der Waals surface area (Å²) < 4.78 is 13.2. The number of piperazine rings is 1. The summed E-state index contributed by atoms with van der Waals surface area (Å²) in [6, 6.07) is 13.7. The van der Waals surface area contributed by atoms with Gasteiger partial charge in [-0.05, 0) is 41.3 Å². The van der Waals surface area contributed by atoms with Crippen molar-refractivity contribution < 1.29 is 14.0 Å². The van der Waals surface area contributed by atoms with Crippen molar-refractivity contribution in [1.82, 2.24) is 15.2 Å². The smallest absolute Gasteiger partial charge is 0.255 e. The summed E-state index contributed by atoms with van der Waals surface area (Å²) in [6.07, 6.45) is 2.73. The average molecular weight is 391 g/mol. The molecule has 4 rings (SSSR count). The maximum atomic E-state index is 13.2. The number of halogens is 1. The molecule has 7 heteroatoms. The Kier molecular flexibility index (Phi) is 4.95. The number of amides is 2. The van der Waals surface area contributed by atoms with Gasteiger partial charge in [0.15, 0.2) is 0 Å². The van der Waals surface area contributed by atoms with Gasteiger partial charge in [0.25, 0.3) is 5.56 Å². The van der Waals surface area contributed by atoms with E-state index in [1.807, 2.05) is 18.2 Å². The Balaban J connectivity index is 1.62. The number of H-pyrrole nitrogens is 1. The van der Waals surface area contributed by atoms with Gasteiger partial charge in [0.2, 0.25) is 11.8 Å². The maximum Gasteiger partial charge on any atom is 0.255 e. The van der Waals surface area contributed by atoms with Crippen molar-refractivity contribution in [3.05, 3.63) is 88.0 Å². The van der Waals surface area contributed by atoms with E-state index >= 15 is 0 Å². The van der Waals surface area contributed by atoms with Crippen molar-refractivity contribution >= 4 is 28.8 Å². The normalized spacial score (nSPS) is 16.9. The SMILES string of the molecule is O=C1NCCN(C(=O)/C=C/c2cc3ccccc3[nH]c2=O)C1c1ccc(F)cc1. The molecule has 1 aliphatic rings. The molecular weight excluding hydrogens is 373 g/mol. The summed E-state index contributed by atoms with van der Waals surface area (Å²) in [4.78, 5) is 41.7. The number of carbonyl (C=O) groups excluding carboxylic acids is 2. The van der Waals surface area contributed by atoms with Gasteiger partial charge in [-0.15, -0.1) is 0 Å². The molecule has 29 heavy (non-hydrogen) atoms. The summed E-state index contributed by atoms with van der Waals surface area (Å²) in [7, 11) is 0. The first-order valence-electron chi connectivity index (χ1n) is 9.17. The van der Waals surface area contributed by atoms with Crippen molar-refractivity contribution in [2.45, 2.75) is 6.04 Å². The fourth-order valence-corrected chi connectivity index (χ4v) is 3.43. The van der Waals surface area contributed by atoms with Crippen LogP contribution in [0, 0.1) is 5.82 Å². The molecule has 0 radical (unpaired) electrons. The molecule has 0 saturated carbocycles. The van der Waals surface area contributed by atoms with Gasteiger partial charge in [0.05, 0.1) is 0 Å². The highest BCUT2D eigenvalue weighted by atomic mass is 19.1. The van der Waals surface area contributed by atoms with Crippen molar-refractivity contribution in [3.8, 4) is 0 Å². The quantitative estimate of drug-likeness (QED) is 0.673. The van der Waals surface area contributed by atoms with Gasteiger partial charge in [-0.25, -0.2) is 4.39 Å². The zero-order chi connectivity index (χ0) is 20.4. The van der Waals surface area contributed by atoms with E-state index in [0.717, 1.165) is 5.39 Å². The third kappa shape index (κ3) is 3.80. The number of hydrogen-bond acceptors (Lipinski definition) is 3. The lowest BCUT2D eigenvalue weighted by molar-refractivity contribution is -0.140. The molecule has 6 nitrogen and oxygen atoms in total. The Morgan fingerprint density at radius 2 is 1.86 bits per heavy atom. The summed E-state index contributed by atoms with van der Waals surface area (Å²) >= 11 is 0. The zero-order valence-electron chi connectivity index (χ0n) is 15.4. The molecule has 0 bridgehead atoms. The number of carbonyl (C=O) groups is 2. The van der Waals surface area contributed by atoms with E-state index in [0.29, 0.717) is 29.7 Å². The van der Waals surface area contributed by atoms with E-state index in [1.54, 1.807) is 12.1 Å². The van der Waals surface area contributed by atoms with E-state index < -0.39 is 17.8 Å². The molecule has 146 valence electrons. The number of hydrogen-bond donors (Lipinski definition) is 2. The molecular formula is C22H18FN3O3. The van der Waals surface area contributed by atoms with E-state index in [2.05, 4.69) is 10.3 Å². The van der Waals surface area contributed by atoms with Crippen LogP contribution in [0.5, 0.6) is 0 Å². The van der Waals surface area contributed by atoms with Crippen LogP contribution < -0.4 is 10.9 Å². The number of rotatable bonds is 3. The van der Waals surface area contributed by atoms with Crippen LogP contribution in [0.15, 0.2) is 65.5 Å². The summed E-state index contributed by atoms with van der Waals surface area (Å²) in [5, 5.41) is 3.58. The molecule has 2 N–H and O–H groups in total. The van der Waals surface area contributed by atoms with Gasteiger partial charge in [-0.2, -0.15) is 0 Å². The fourth-order valence-electron chi connectivity index (χ4n) is 3.43. The largest absolute Gasteiger partial charge is 0.352 e. The second-order valence-electron chi connectivity index (χ2n) is 6.75. The van der Waals surface area contributed by atoms with Crippen LogP contribution in [-0.4, -0.2) is 34.8 Å². The molecule has 0 spiro atoms. The Bertz CT molecular complexity index is 1170. The highest BCUT2D eigenvalue weighted by molar-refractivity contribution is 5.97. The fraction of sp³-hybridized carbons (Fsp3) is 0.136. The molecule has 2 amide bonds. The minimum atomic E-state index is -0.851. The van der Waals surface area contributed by atoms with E-state index in [1.165, 1.54) is 41.3 Å². The third-order valence-corrected chi connectivity index (χ3v) is 4.87. The van der Waals surface area contributed by atoms with Gasteiger partial charge in [0.1, 0.15) is 11.9 Å².